The number of H-pyrrole nitrogens is 1. The molecule has 3 heteroatoms. The van der Waals surface area contributed by atoms with E-state index in [9.17, 15) is 0 Å². The summed E-state index contributed by atoms with van der Waals surface area (Å²) >= 11 is 0. The lowest BCUT2D eigenvalue weighted by Crippen LogP contribution is -1.99. The van der Waals surface area contributed by atoms with Crippen LogP contribution in [-0.2, 0) is 0 Å². The number of nitrogens with zero attached hydrogens (tertiary/aromatic N) is 2. The quantitative estimate of drug-likeness (QED) is 0.217. The van der Waals surface area contributed by atoms with Gasteiger partial charge >= 0.3 is 0 Å². The van der Waals surface area contributed by atoms with Crippen LogP contribution in [0.4, 0.5) is 0 Å². The summed E-state index contributed by atoms with van der Waals surface area (Å²) in [7, 11) is 0. The molecular formula is C42H29N3. The predicted molar refractivity (Wildman–Crippen MR) is 190 cm³/mol. The van der Waals surface area contributed by atoms with Gasteiger partial charge in [0.15, 0.2) is 0 Å². The highest BCUT2D eigenvalue weighted by Crippen LogP contribution is 2.42. The van der Waals surface area contributed by atoms with Crippen LogP contribution in [0.2, 0.25) is 0 Å². The standard InChI is InChI=1S/C42H29N3/c1-2-9-27(10-3-1)29-12-8-13-31(25-29)45-39-20-17-28-11-4-5-14-32(28)41(39)42-35-23-24-44(38(35)21-22-40(42)45)30-18-19-34-33-15-6-7-16-36(33)43-37(34)26-30/h1-9,11-27,43H,10H2. The lowest BCUT2D eigenvalue weighted by Gasteiger charge is -2.16. The second-order valence-corrected chi connectivity index (χ2v) is 12.2. The van der Waals surface area contributed by atoms with Crippen LogP contribution in [-0.4, -0.2) is 14.1 Å². The van der Waals surface area contributed by atoms with Crippen molar-refractivity contribution in [2.45, 2.75) is 12.3 Å². The smallest absolute Gasteiger partial charge is 0.0548 e. The van der Waals surface area contributed by atoms with Gasteiger partial charge in [-0.3, -0.25) is 0 Å². The van der Waals surface area contributed by atoms with E-state index >= 15 is 0 Å². The topological polar surface area (TPSA) is 25.6 Å². The van der Waals surface area contributed by atoms with Gasteiger partial charge in [-0.05, 0) is 77.4 Å². The minimum Gasteiger partial charge on any atom is -0.354 e. The molecule has 1 aliphatic rings. The number of hydrogen-bond donors (Lipinski definition) is 1. The Hall–Kier alpha value is -5.80. The van der Waals surface area contributed by atoms with E-state index in [-0.39, 0.29) is 0 Å². The third-order valence-electron chi connectivity index (χ3n) is 9.79. The van der Waals surface area contributed by atoms with Gasteiger partial charge in [-0.1, -0.05) is 91.0 Å². The Bertz CT molecular complexity index is 2690. The number of hydrogen-bond acceptors (Lipinski definition) is 0. The average molecular weight is 576 g/mol. The molecule has 45 heavy (non-hydrogen) atoms. The molecule has 1 unspecified atom stereocenters. The van der Waals surface area contributed by atoms with Crippen molar-refractivity contribution in [3.63, 3.8) is 0 Å². The van der Waals surface area contributed by atoms with Crippen molar-refractivity contribution >= 4 is 65.3 Å². The number of aromatic nitrogens is 3. The number of rotatable bonds is 3. The normalized spacial score (nSPS) is 15.1. The SMILES string of the molecule is C1=CCC(c2cccc(-n3c4ccc5ccccc5c4c4c5ccn(-c6ccc7c(c6)[nH]c6ccccc67)c5ccc43)c2)C=C1. The molecule has 0 amide bonds. The highest BCUT2D eigenvalue weighted by molar-refractivity contribution is 6.28. The largest absolute Gasteiger partial charge is 0.354 e. The Morgan fingerprint density at radius 2 is 1.36 bits per heavy atom. The lowest BCUT2D eigenvalue weighted by atomic mass is 9.92. The molecule has 0 radical (unpaired) electrons. The first-order chi connectivity index (χ1) is 22.3. The van der Waals surface area contributed by atoms with Gasteiger partial charge in [-0.2, -0.15) is 0 Å². The van der Waals surface area contributed by atoms with Crippen molar-refractivity contribution in [2.75, 3.05) is 0 Å². The fourth-order valence-electron chi connectivity index (χ4n) is 7.71. The first-order valence-corrected chi connectivity index (χ1v) is 15.7. The maximum atomic E-state index is 3.63. The molecule has 1 aliphatic carbocycles. The van der Waals surface area contributed by atoms with Gasteiger partial charge in [0.05, 0.1) is 16.6 Å². The minimum absolute atomic E-state index is 0.402. The fraction of sp³-hybridized carbons (Fsp3) is 0.0476. The molecule has 0 saturated heterocycles. The number of fused-ring (bicyclic) bond motifs is 10. The Morgan fingerprint density at radius 1 is 0.556 bits per heavy atom. The third-order valence-corrected chi connectivity index (χ3v) is 9.79. The molecule has 3 heterocycles. The second-order valence-electron chi connectivity index (χ2n) is 12.2. The van der Waals surface area contributed by atoms with Gasteiger partial charge < -0.3 is 14.1 Å². The summed E-state index contributed by atoms with van der Waals surface area (Å²) in [4.78, 5) is 3.63. The monoisotopic (exact) mass is 575 g/mol. The van der Waals surface area contributed by atoms with E-state index < -0.39 is 0 Å². The van der Waals surface area contributed by atoms with Crippen LogP contribution < -0.4 is 0 Å². The Kier molecular flexibility index (Phi) is 5.11. The van der Waals surface area contributed by atoms with Gasteiger partial charge in [0.25, 0.3) is 0 Å². The summed E-state index contributed by atoms with van der Waals surface area (Å²) in [5, 5.41) is 8.94. The van der Waals surface area contributed by atoms with Gasteiger partial charge in [-0.15, -0.1) is 0 Å². The first kappa shape index (κ1) is 24.6. The van der Waals surface area contributed by atoms with Crippen molar-refractivity contribution in [3.05, 3.63) is 157 Å². The summed E-state index contributed by atoms with van der Waals surface area (Å²) in [5.41, 5.74) is 9.70. The average Bonchev–Trinajstić information content (AvgIpc) is 3.80. The van der Waals surface area contributed by atoms with E-state index in [0.717, 1.165) is 17.6 Å². The molecule has 0 bridgehead atoms. The van der Waals surface area contributed by atoms with E-state index in [1.807, 2.05) is 0 Å². The number of nitrogens with one attached hydrogen (secondary N) is 1. The molecule has 212 valence electrons. The van der Waals surface area contributed by atoms with Crippen LogP contribution in [0.15, 0.2) is 152 Å². The van der Waals surface area contributed by atoms with Crippen molar-refractivity contribution < 1.29 is 0 Å². The van der Waals surface area contributed by atoms with E-state index in [2.05, 4.69) is 166 Å². The molecule has 0 saturated carbocycles. The van der Waals surface area contributed by atoms with Crippen molar-refractivity contribution in [2.24, 2.45) is 0 Å². The Morgan fingerprint density at radius 3 is 2.27 bits per heavy atom. The number of benzene rings is 6. The van der Waals surface area contributed by atoms with Gasteiger partial charge in [0.2, 0.25) is 0 Å². The number of para-hydroxylation sites is 1. The molecular weight excluding hydrogens is 546 g/mol. The van der Waals surface area contributed by atoms with Crippen LogP contribution in [0.25, 0.3) is 76.7 Å². The second kappa shape index (κ2) is 9.35. The van der Waals surface area contributed by atoms with Gasteiger partial charge in [-0.25, -0.2) is 0 Å². The molecule has 9 aromatic rings. The van der Waals surface area contributed by atoms with Gasteiger partial charge in [0.1, 0.15) is 0 Å². The van der Waals surface area contributed by atoms with E-state index in [1.54, 1.807) is 0 Å². The molecule has 1 N–H and O–H groups in total. The molecule has 0 aliphatic heterocycles. The molecule has 3 nitrogen and oxygen atoms in total. The summed E-state index contributed by atoms with van der Waals surface area (Å²) < 4.78 is 4.80. The molecule has 10 rings (SSSR count). The van der Waals surface area contributed by atoms with Crippen LogP contribution in [0, 0.1) is 0 Å². The number of allylic oxidation sites excluding steroid dienone is 4. The van der Waals surface area contributed by atoms with E-state index in [4.69, 9.17) is 0 Å². The van der Waals surface area contributed by atoms with E-state index in [0.29, 0.717) is 5.92 Å². The number of aromatic amines is 1. The van der Waals surface area contributed by atoms with Crippen molar-refractivity contribution in [3.8, 4) is 11.4 Å². The summed E-state index contributed by atoms with van der Waals surface area (Å²) in [6, 6.07) is 44.7. The molecule has 0 spiro atoms. The predicted octanol–water partition coefficient (Wildman–Crippen LogP) is 11.1. The minimum atomic E-state index is 0.402. The van der Waals surface area contributed by atoms with Crippen molar-refractivity contribution in [1.29, 1.82) is 0 Å². The molecule has 1 atom stereocenters. The maximum absolute atomic E-state index is 3.63. The fourth-order valence-corrected chi connectivity index (χ4v) is 7.71. The van der Waals surface area contributed by atoms with Crippen LogP contribution in [0.1, 0.15) is 17.9 Å². The summed E-state index contributed by atoms with van der Waals surface area (Å²) in [6.45, 7) is 0. The highest BCUT2D eigenvalue weighted by Gasteiger charge is 2.20. The zero-order chi connectivity index (χ0) is 29.5. The zero-order valence-electron chi connectivity index (χ0n) is 24.6. The molecule has 3 aromatic heterocycles. The summed E-state index contributed by atoms with van der Waals surface area (Å²) in [5.74, 6) is 0.402. The van der Waals surface area contributed by atoms with Crippen LogP contribution in [0.3, 0.4) is 0 Å². The van der Waals surface area contributed by atoms with E-state index in [1.165, 1.54) is 71.0 Å². The molecule has 0 fully saturated rings. The zero-order valence-corrected chi connectivity index (χ0v) is 24.6. The molecule has 6 aromatic carbocycles. The van der Waals surface area contributed by atoms with Crippen molar-refractivity contribution in [1.82, 2.24) is 14.1 Å². The third kappa shape index (κ3) is 3.58. The lowest BCUT2D eigenvalue weighted by molar-refractivity contribution is 0.852. The first-order valence-electron chi connectivity index (χ1n) is 15.7. The van der Waals surface area contributed by atoms with Crippen LogP contribution >= 0.6 is 0 Å². The Labute approximate surface area is 259 Å². The summed E-state index contributed by atoms with van der Waals surface area (Å²) in [6.07, 6.45) is 12.2. The highest BCUT2D eigenvalue weighted by atomic mass is 15.0. The Balaban J connectivity index is 1.24. The maximum Gasteiger partial charge on any atom is 0.0548 e. The van der Waals surface area contributed by atoms with Gasteiger partial charge in [0, 0.05) is 61.5 Å². The van der Waals surface area contributed by atoms with Crippen LogP contribution in [0.5, 0.6) is 0 Å².